The van der Waals surface area contributed by atoms with Crippen LogP contribution in [0.2, 0.25) is 0 Å². The zero-order valence-electron chi connectivity index (χ0n) is 24.2. The number of ether oxygens (including phenoxy) is 2. The van der Waals surface area contributed by atoms with Gasteiger partial charge < -0.3 is 9.47 Å². The summed E-state index contributed by atoms with van der Waals surface area (Å²) in [6, 6.07) is 0. The molecule has 4 fully saturated rings. The van der Waals surface area contributed by atoms with Crippen LogP contribution >= 0.6 is 0 Å². The Morgan fingerprint density at radius 3 is 1.97 bits per heavy atom. The first-order chi connectivity index (χ1) is 16.5. The highest BCUT2D eigenvalue weighted by Gasteiger charge is 2.65. The molecule has 0 aromatic carbocycles. The van der Waals surface area contributed by atoms with E-state index in [-0.39, 0.29) is 40.9 Å². The van der Waals surface area contributed by atoms with Gasteiger partial charge in [0.2, 0.25) is 0 Å². The van der Waals surface area contributed by atoms with Gasteiger partial charge in [-0.1, -0.05) is 13.8 Å². The highest BCUT2D eigenvalue weighted by atomic mass is 16.5. The smallest absolute Gasteiger partial charge is 0.311 e. The second kappa shape index (κ2) is 9.12. The molecule has 0 bridgehead atoms. The van der Waals surface area contributed by atoms with E-state index in [4.69, 9.17) is 9.47 Å². The van der Waals surface area contributed by atoms with Crippen LogP contribution in [0.25, 0.3) is 0 Å². The lowest BCUT2D eigenvalue weighted by molar-refractivity contribution is -0.207. The number of carbonyl (C=O) groups is 3. The number of hydrogen-bond donors (Lipinski definition) is 0. The van der Waals surface area contributed by atoms with Gasteiger partial charge in [0.1, 0.15) is 18.0 Å². The van der Waals surface area contributed by atoms with E-state index in [9.17, 15) is 14.4 Å². The van der Waals surface area contributed by atoms with Gasteiger partial charge in [-0.15, -0.1) is 0 Å². The Hall–Kier alpha value is -1.39. The molecular weight excluding hydrogens is 452 g/mol. The molecule has 4 aliphatic carbocycles. The Morgan fingerprint density at radius 1 is 0.778 bits per heavy atom. The Bertz CT molecular complexity index is 894. The Labute approximate surface area is 218 Å². The molecule has 36 heavy (non-hydrogen) atoms. The van der Waals surface area contributed by atoms with E-state index >= 15 is 0 Å². The zero-order valence-corrected chi connectivity index (χ0v) is 24.2. The van der Waals surface area contributed by atoms with Crippen molar-refractivity contribution in [2.24, 2.45) is 51.2 Å². The molecule has 0 aliphatic heterocycles. The molecule has 4 aliphatic rings. The van der Waals surface area contributed by atoms with Crippen molar-refractivity contribution >= 4 is 17.7 Å². The first kappa shape index (κ1) is 27.6. The topological polar surface area (TPSA) is 69.7 Å². The third-order valence-corrected chi connectivity index (χ3v) is 10.8. The molecule has 204 valence electrons. The summed E-state index contributed by atoms with van der Waals surface area (Å²) in [6.07, 6.45) is 7.67. The van der Waals surface area contributed by atoms with Crippen molar-refractivity contribution in [3.05, 3.63) is 0 Å². The van der Waals surface area contributed by atoms with Crippen molar-refractivity contribution in [1.82, 2.24) is 0 Å². The summed E-state index contributed by atoms with van der Waals surface area (Å²) in [5, 5.41) is 0. The van der Waals surface area contributed by atoms with Crippen LogP contribution in [0.3, 0.4) is 0 Å². The van der Waals surface area contributed by atoms with E-state index in [2.05, 4.69) is 13.8 Å². The second-order valence-electron chi connectivity index (χ2n) is 15.3. The van der Waals surface area contributed by atoms with Crippen LogP contribution in [-0.4, -0.2) is 29.9 Å². The quantitative estimate of drug-likeness (QED) is 0.399. The van der Waals surface area contributed by atoms with Gasteiger partial charge in [-0.3, -0.25) is 14.4 Å². The van der Waals surface area contributed by atoms with Gasteiger partial charge in [0, 0.05) is 11.8 Å². The first-order valence-electron chi connectivity index (χ1n) is 14.4. The van der Waals surface area contributed by atoms with Gasteiger partial charge in [0.15, 0.2) is 0 Å². The summed E-state index contributed by atoms with van der Waals surface area (Å²) in [7, 11) is 0. The van der Waals surface area contributed by atoms with E-state index in [0.717, 1.165) is 51.4 Å². The number of ketones is 1. The van der Waals surface area contributed by atoms with Gasteiger partial charge in [-0.2, -0.15) is 0 Å². The largest absolute Gasteiger partial charge is 0.462 e. The third kappa shape index (κ3) is 4.66. The summed E-state index contributed by atoms with van der Waals surface area (Å²) < 4.78 is 12.4. The van der Waals surface area contributed by atoms with E-state index < -0.39 is 10.8 Å². The van der Waals surface area contributed by atoms with Crippen molar-refractivity contribution in [2.75, 3.05) is 0 Å². The minimum atomic E-state index is -0.559. The number of rotatable bonds is 3. The van der Waals surface area contributed by atoms with Crippen molar-refractivity contribution in [2.45, 2.75) is 126 Å². The van der Waals surface area contributed by atoms with Gasteiger partial charge in [0.05, 0.1) is 10.8 Å². The minimum Gasteiger partial charge on any atom is -0.462 e. The molecule has 5 heteroatoms. The lowest BCUT2D eigenvalue weighted by atomic mass is 9.43. The van der Waals surface area contributed by atoms with Crippen LogP contribution in [0.15, 0.2) is 0 Å². The maximum absolute atomic E-state index is 13.2. The lowest BCUT2D eigenvalue weighted by Gasteiger charge is -2.62. The zero-order chi connectivity index (χ0) is 26.8. The van der Waals surface area contributed by atoms with E-state index in [1.54, 1.807) is 6.92 Å². The Kier molecular flexibility index (Phi) is 7.00. The standard InChI is InChI=1S/C31H50O5/c1-18(32)22-12-13-23-21-11-10-19-16-20(35-26(33)28(2,3)4)14-15-30(19,8)25(21)24(17-31(22,23)9)36-27(34)29(5,6)7/h19-25H,10-17H2,1-9H3/t19-,20-,21+,22-,23+,24-,25-,30+,31-/m1/s1. The van der Waals surface area contributed by atoms with Crippen molar-refractivity contribution in [1.29, 1.82) is 0 Å². The maximum Gasteiger partial charge on any atom is 0.311 e. The normalized spacial score (nSPS) is 42.5. The number of hydrogen-bond acceptors (Lipinski definition) is 5. The lowest BCUT2D eigenvalue weighted by Crippen LogP contribution is -2.60. The monoisotopic (exact) mass is 502 g/mol. The van der Waals surface area contributed by atoms with E-state index in [0.29, 0.717) is 29.5 Å². The number of carbonyl (C=O) groups excluding carboxylic acids is 3. The molecule has 0 radical (unpaired) electrons. The van der Waals surface area contributed by atoms with Crippen LogP contribution < -0.4 is 0 Å². The average molecular weight is 503 g/mol. The van der Waals surface area contributed by atoms with Crippen molar-refractivity contribution < 1.29 is 23.9 Å². The highest BCUT2D eigenvalue weighted by Crippen LogP contribution is 2.68. The SMILES string of the molecule is CC(=O)[C@H]1CC[C@H]2[C@@H]3CC[C@@H]4C[C@H](OC(=O)C(C)(C)C)CC[C@]4(C)[C@H]3[C@H](OC(=O)C(C)(C)C)C[C@]12C. The molecular formula is C31H50O5. The van der Waals surface area contributed by atoms with Crippen molar-refractivity contribution in [3.63, 3.8) is 0 Å². The summed E-state index contributed by atoms with van der Waals surface area (Å²) >= 11 is 0. The second-order valence-corrected chi connectivity index (χ2v) is 15.3. The van der Waals surface area contributed by atoms with E-state index in [1.165, 1.54) is 0 Å². The molecule has 0 N–H and O–H groups in total. The molecule has 4 rings (SSSR count). The Balaban J connectivity index is 1.64. The summed E-state index contributed by atoms with van der Waals surface area (Å²) in [5.74, 6) is 1.84. The van der Waals surface area contributed by atoms with Crippen molar-refractivity contribution in [3.8, 4) is 0 Å². The fourth-order valence-corrected chi connectivity index (χ4v) is 8.83. The average Bonchev–Trinajstić information content (AvgIpc) is 3.09. The molecule has 9 atom stereocenters. The number of Topliss-reactive ketones (excluding diaryl/α,β-unsaturated/α-hetero) is 1. The molecule has 0 amide bonds. The van der Waals surface area contributed by atoms with Crippen LogP contribution in [0, 0.1) is 51.2 Å². The van der Waals surface area contributed by atoms with Crippen LogP contribution in [0.1, 0.15) is 114 Å². The molecule has 0 saturated heterocycles. The molecule has 0 spiro atoms. The predicted molar refractivity (Wildman–Crippen MR) is 140 cm³/mol. The molecule has 0 heterocycles. The summed E-state index contributed by atoms with van der Waals surface area (Å²) in [6.45, 7) is 18.0. The van der Waals surface area contributed by atoms with Gasteiger partial charge in [-0.05, 0) is 128 Å². The molecule has 5 nitrogen and oxygen atoms in total. The predicted octanol–water partition coefficient (Wildman–Crippen LogP) is 6.76. The third-order valence-electron chi connectivity index (χ3n) is 10.8. The van der Waals surface area contributed by atoms with Crippen LogP contribution in [-0.2, 0) is 23.9 Å². The van der Waals surface area contributed by atoms with Gasteiger partial charge in [0.25, 0.3) is 0 Å². The fraction of sp³-hybridized carbons (Fsp3) is 0.903. The van der Waals surface area contributed by atoms with Crippen LogP contribution in [0.4, 0.5) is 0 Å². The summed E-state index contributed by atoms with van der Waals surface area (Å²) in [4.78, 5) is 38.5. The molecule has 0 aromatic rings. The Morgan fingerprint density at radius 2 is 1.39 bits per heavy atom. The first-order valence-corrected chi connectivity index (χ1v) is 14.4. The fourth-order valence-electron chi connectivity index (χ4n) is 8.83. The summed E-state index contributed by atoms with van der Waals surface area (Å²) in [5.41, 5.74) is -1.10. The van der Waals surface area contributed by atoms with Gasteiger partial charge >= 0.3 is 11.9 Å². The maximum atomic E-state index is 13.2. The minimum absolute atomic E-state index is 0.0237. The molecule has 4 saturated carbocycles. The molecule has 0 unspecified atom stereocenters. The molecule has 0 aromatic heterocycles. The van der Waals surface area contributed by atoms with Gasteiger partial charge in [-0.25, -0.2) is 0 Å². The highest BCUT2D eigenvalue weighted by molar-refractivity contribution is 5.80. The number of fused-ring (bicyclic) bond motifs is 5. The number of esters is 2. The van der Waals surface area contributed by atoms with Crippen LogP contribution in [0.5, 0.6) is 0 Å². The van der Waals surface area contributed by atoms with E-state index in [1.807, 2.05) is 41.5 Å².